The number of rotatable bonds is 4. The summed E-state index contributed by atoms with van der Waals surface area (Å²) in [4.78, 5) is 31.5. The van der Waals surface area contributed by atoms with Gasteiger partial charge in [-0.2, -0.15) is 5.10 Å². The molecule has 1 aromatic carbocycles. The summed E-state index contributed by atoms with van der Waals surface area (Å²) in [6.45, 7) is 2.50. The van der Waals surface area contributed by atoms with Gasteiger partial charge in [-0.3, -0.25) is 4.79 Å². The van der Waals surface area contributed by atoms with E-state index in [0.29, 0.717) is 29.0 Å². The Balaban J connectivity index is 1.77. The smallest absolute Gasteiger partial charge is 0.434 e. The molecule has 1 atom stereocenters. The van der Waals surface area contributed by atoms with Crippen molar-refractivity contribution >= 4 is 29.2 Å². The highest BCUT2D eigenvalue weighted by molar-refractivity contribution is 6.30. The molecule has 2 aromatic rings. The molecule has 152 valence electrons. The predicted octanol–water partition coefficient (Wildman–Crippen LogP) is 3.41. The van der Waals surface area contributed by atoms with E-state index in [-0.39, 0.29) is 24.1 Å². The molecular weight excluding hydrogens is 396 g/mol. The average Bonchev–Trinajstić information content (AvgIpc) is 3.21. The fraction of sp³-hybridized carbons (Fsp3) is 0.400. The van der Waals surface area contributed by atoms with Crippen molar-refractivity contribution in [2.24, 2.45) is 7.05 Å². The maximum atomic E-state index is 13.2. The van der Waals surface area contributed by atoms with Gasteiger partial charge in [-0.05, 0) is 50.5 Å². The third-order valence-corrected chi connectivity index (χ3v) is 5.32. The Hall–Kier alpha value is -2.87. The maximum absolute atomic E-state index is 13.2. The summed E-state index contributed by atoms with van der Waals surface area (Å²) in [5.41, 5.74) is 1.04. The van der Waals surface area contributed by atoms with Crippen molar-refractivity contribution in [3.63, 3.8) is 0 Å². The number of aryl methyl sites for hydroxylation is 1. The number of hydrogen-bond donors (Lipinski definition) is 0. The van der Waals surface area contributed by atoms with Gasteiger partial charge in [0.15, 0.2) is 17.4 Å². The molecule has 29 heavy (non-hydrogen) atoms. The van der Waals surface area contributed by atoms with E-state index < -0.39 is 6.16 Å². The lowest BCUT2D eigenvalue weighted by Gasteiger charge is -2.30. The first kappa shape index (κ1) is 19.4. The Morgan fingerprint density at radius 3 is 2.76 bits per heavy atom. The molecule has 1 saturated heterocycles. The van der Waals surface area contributed by atoms with E-state index in [0.717, 1.165) is 24.8 Å². The highest BCUT2D eigenvalue weighted by Gasteiger charge is 2.45. The summed E-state index contributed by atoms with van der Waals surface area (Å²) in [7, 11) is 1.71. The van der Waals surface area contributed by atoms with Crippen LogP contribution in [0.2, 0.25) is 5.02 Å². The van der Waals surface area contributed by atoms with E-state index in [2.05, 4.69) is 10.1 Å². The van der Waals surface area contributed by atoms with Gasteiger partial charge in [0.05, 0.1) is 12.6 Å². The quantitative estimate of drug-likeness (QED) is 0.710. The largest absolute Gasteiger partial charge is 0.513 e. The Kier molecular flexibility index (Phi) is 5.27. The zero-order valence-electron chi connectivity index (χ0n) is 16.2. The van der Waals surface area contributed by atoms with Crippen molar-refractivity contribution in [3.8, 4) is 11.4 Å². The number of carbonyl (C=O) groups excluding carboxylic acids is 2. The molecule has 8 nitrogen and oxygen atoms in total. The minimum absolute atomic E-state index is 0.189. The molecule has 1 unspecified atom stereocenters. The monoisotopic (exact) mass is 416 g/mol. The molecule has 2 aliphatic rings. The van der Waals surface area contributed by atoms with Crippen LogP contribution in [0, 0.1) is 0 Å². The Morgan fingerprint density at radius 1 is 1.28 bits per heavy atom. The van der Waals surface area contributed by atoms with Gasteiger partial charge in [0.25, 0.3) is 5.91 Å². The second-order valence-electron chi connectivity index (χ2n) is 6.92. The summed E-state index contributed by atoms with van der Waals surface area (Å²) < 4.78 is 12.0. The molecular formula is C20H21ClN4O4. The minimum Gasteiger partial charge on any atom is -0.434 e. The number of aromatic nitrogens is 3. The summed E-state index contributed by atoms with van der Waals surface area (Å²) in [6.07, 6.45) is 1.77. The number of hydrogen-bond acceptors (Lipinski definition) is 6. The van der Waals surface area contributed by atoms with Crippen molar-refractivity contribution in [1.82, 2.24) is 19.7 Å². The minimum atomic E-state index is -0.819. The highest BCUT2D eigenvalue weighted by atomic mass is 35.5. The van der Waals surface area contributed by atoms with Crippen LogP contribution in [0.4, 0.5) is 4.79 Å². The molecule has 0 saturated carbocycles. The number of ether oxygens (including phenoxy) is 2. The van der Waals surface area contributed by atoms with Gasteiger partial charge in [-0.25, -0.2) is 14.5 Å². The SMILES string of the molecule is CCOC(=O)OC1=C(c2nc(-c3ccc(Cl)cc3)nn2C)C(=O)N2CCCCC12. The molecule has 4 rings (SSSR count). The second-order valence-corrected chi connectivity index (χ2v) is 7.36. The van der Waals surface area contributed by atoms with Crippen LogP contribution < -0.4 is 0 Å². The van der Waals surface area contributed by atoms with Crippen LogP contribution in [0.25, 0.3) is 17.0 Å². The van der Waals surface area contributed by atoms with Crippen molar-refractivity contribution in [1.29, 1.82) is 0 Å². The van der Waals surface area contributed by atoms with Crippen LogP contribution in [-0.2, 0) is 21.3 Å². The molecule has 0 N–H and O–H groups in total. The van der Waals surface area contributed by atoms with Gasteiger partial charge in [0.2, 0.25) is 0 Å². The molecule has 1 amide bonds. The molecule has 9 heteroatoms. The lowest BCUT2D eigenvalue weighted by atomic mass is 10.0. The second kappa shape index (κ2) is 7.87. The molecule has 0 bridgehead atoms. The summed E-state index contributed by atoms with van der Waals surface area (Å²) >= 11 is 5.96. The van der Waals surface area contributed by atoms with E-state index >= 15 is 0 Å². The third-order valence-electron chi connectivity index (χ3n) is 5.07. The first-order valence-electron chi connectivity index (χ1n) is 9.56. The van der Waals surface area contributed by atoms with Crippen LogP contribution in [-0.4, -0.2) is 50.9 Å². The van der Waals surface area contributed by atoms with E-state index in [9.17, 15) is 9.59 Å². The van der Waals surface area contributed by atoms with E-state index in [1.807, 2.05) is 12.1 Å². The molecule has 1 aromatic heterocycles. The number of carbonyl (C=O) groups is 2. The molecule has 0 spiro atoms. The fourth-order valence-corrected chi connectivity index (χ4v) is 3.87. The maximum Gasteiger partial charge on any atom is 0.513 e. The van der Waals surface area contributed by atoms with Crippen LogP contribution in [0.5, 0.6) is 0 Å². The van der Waals surface area contributed by atoms with Gasteiger partial charge in [-0.1, -0.05) is 11.6 Å². The number of amides is 1. The van der Waals surface area contributed by atoms with Gasteiger partial charge in [0.1, 0.15) is 5.57 Å². The summed E-state index contributed by atoms with van der Waals surface area (Å²) in [5, 5.41) is 5.05. The van der Waals surface area contributed by atoms with Gasteiger partial charge >= 0.3 is 6.16 Å². The van der Waals surface area contributed by atoms with Gasteiger partial charge in [0, 0.05) is 24.2 Å². The predicted molar refractivity (Wildman–Crippen MR) is 106 cm³/mol. The Morgan fingerprint density at radius 2 is 2.03 bits per heavy atom. The van der Waals surface area contributed by atoms with Crippen LogP contribution in [0.3, 0.4) is 0 Å². The molecule has 3 heterocycles. The van der Waals surface area contributed by atoms with Crippen molar-refractivity contribution in [2.75, 3.05) is 13.2 Å². The molecule has 0 radical (unpaired) electrons. The zero-order valence-corrected chi connectivity index (χ0v) is 17.0. The highest BCUT2D eigenvalue weighted by Crippen LogP contribution is 2.38. The van der Waals surface area contributed by atoms with E-state index in [1.54, 1.807) is 31.0 Å². The first-order chi connectivity index (χ1) is 14.0. The first-order valence-corrected chi connectivity index (χ1v) is 9.94. The number of benzene rings is 1. The average molecular weight is 417 g/mol. The number of piperidine rings is 1. The Labute approximate surface area is 173 Å². The topological polar surface area (TPSA) is 86.5 Å². The summed E-state index contributed by atoms with van der Waals surface area (Å²) in [6, 6.07) is 6.84. The lowest BCUT2D eigenvalue weighted by molar-refractivity contribution is -0.126. The van der Waals surface area contributed by atoms with Gasteiger partial charge in [-0.15, -0.1) is 0 Å². The van der Waals surface area contributed by atoms with E-state index in [4.69, 9.17) is 21.1 Å². The third kappa shape index (κ3) is 3.60. The summed E-state index contributed by atoms with van der Waals surface area (Å²) in [5.74, 6) is 0.909. The normalized spacial score (nSPS) is 18.8. The van der Waals surface area contributed by atoms with Gasteiger partial charge < -0.3 is 14.4 Å². The fourth-order valence-electron chi connectivity index (χ4n) is 3.75. The lowest BCUT2D eigenvalue weighted by Crippen LogP contribution is -2.40. The number of halogens is 1. The van der Waals surface area contributed by atoms with Crippen molar-refractivity contribution in [2.45, 2.75) is 32.2 Å². The number of nitrogens with zero attached hydrogens (tertiary/aromatic N) is 4. The van der Waals surface area contributed by atoms with Crippen molar-refractivity contribution < 1.29 is 19.1 Å². The zero-order chi connectivity index (χ0) is 20.5. The number of fused-ring (bicyclic) bond motifs is 1. The molecule has 1 fully saturated rings. The van der Waals surface area contributed by atoms with Crippen LogP contribution in [0.1, 0.15) is 32.0 Å². The molecule has 2 aliphatic heterocycles. The Bertz CT molecular complexity index is 983. The van der Waals surface area contributed by atoms with Crippen LogP contribution in [0.15, 0.2) is 30.0 Å². The standard InChI is InChI=1S/C20H21ClN4O4/c1-3-28-20(27)29-16-14-6-4-5-11-25(14)19(26)15(16)18-22-17(23-24(18)2)12-7-9-13(21)10-8-12/h7-10,14H,3-6,11H2,1-2H3. The van der Waals surface area contributed by atoms with E-state index in [1.165, 1.54) is 4.68 Å². The molecule has 0 aliphatic carbocycles. The van der Waals surface area contributed by atoms with Crippen molar-refractivity contribution in [3.05, 3.63) is 40.9 Å². The van der Waals surface area contributed by atoms with Crippen LogP contribution >= 0.6 is 11.6 Å².